The predicted molar refractivity (Wildman–Crippen MR) is 77.1 cm³/mol. The van der Waals surface area contributed by atoms with Crippen molar-refractivity contribution < 1.29 is 18.0 Å². The van der Waals surface area contributed by atoms with E-state index in [4.69, 9.17) is 0 Å². The van der Waals surface area contributed by atoms with E-state index in [0.29, 0.717) is 5.01 Å². The molecule has 1 heterocycles. The number of hydrogen-bond acceptors (Lipinski definition) is 3. The van der Waals surface area contributed by atoms with E-state index in [1.54, 1.807) is 18.5 Å². The Morgan fingerprint density at radius 3 is 2.71 bits per heavy atom. The van der Waals surface area contributed by atoms with Gasteiger partial charge in [-0.1, -0.05) is 15.9 Å². The lowest BCUT2D eigenvalue weighted by Crippen LogP contribution is -2.27. The van der Waals surface area contributed by atoms with Gasteiger partial charge in [0.25, 0.3) is 5.91 Å². The van der Waals surface area contributed by atoms with E-state index in [1.807, 2.05) is 0 Å². The minimum absolute atomic E-state index is 0.0473. The summed E-state index contributed by atoms with van der Waals surface area (Å²) >= 11 is 4.20. The number of carbonyl (C=O) groups is 1. The number of carbonyl (C=O) groups excluding carboxylic acids is 1. The SMILES string of the molecule is CC(NC(=O)c1ccc(Br)c(C(F)(F)F)c1)c1nccs1. The molecule has 0 radical (unpaired) electrons. The predicted octanol–water partition coefficient (Wildman–Crippen LogP) is 4.42. The molecule has 2 rings (SSSR count). The number of halogens is 4. The second-order valence-corrected chi connectivity index (χ2v) is 6.04. The molecule has 1 atom stereocenters. The number of nitrogens with one attached hydrogen (secondary N) is 1. The Hall–Kier alpha value is -1.41. The Kier molecular flexibility index (Phi) is 4.67. The van der Waals surface area contributed by atoms with Gasteiger partial charge in [-0.15, -0.1) is 11.3 Å². The molecule has 1 aromatic carbocycles. The van der Waals surface area contributed by atoms with Gasteiger partial charge in [-0.2, -0.15) is 13.2 Å². The molecule has 0 aliphatic heterocycles. The van der Waals surface area contributed by atoms with Crippen LogP contribution in [0.5, 0.6) is 0 Å². The van der Waals surface area contributed by atoms with Gasteiger partial charge in [0, 0.05) is 21.6 Å². The number of amides is 1. The van der Waals surface area contributed by atoms with Crippen molar-refractivity contribution in [1.82, 2.24) is 10.3 Å². The van der Waals surface area contributed by atoms with Crippen LogP contribution < -0.4 is 5.32 Å². The summed E-state index contributed by atoms with van der Waals surface area (Å²) in [5, 5.41) is 5.08. The van der Waals surface area contributed by atoms with Crippen LogP contribution in [-0.2, 0) is 6.18 Å². The molecule has 112 valence electrons. The summed E-state index contributed by atoms with van der Waals surface area (Å²) in [4.78, 5) is 16.1. The first kappa shape index (κ1) is 16.0. The lowest BCUT2D eigenvalue weighted by molar-refractivity contribution is -0.138. The lowest BCUT2D eigenvalue weighted by Gasteiger charge is -2.13. The molecule has 0 saturated heterocycles. The number of thiazole rings is 1. The summed E-state index contributed by atoms with van der Waals surface area (Å²) in [6.07, 6.45) is -2.92. The summed E-state index contributed by atoms with van der Waals surface area (Å²) in [6, 6.07) is 3.01. The molecule has 0 aliphatic rings. The number of benzene rings is 1. The summed E-state index contributed by atoms with van der Waals surface area (Å²) in [6.45, 7) is 1.72. The quantitative estimate of drug-likeness (QED) is 0.858. The fraction of sp³-hybridized carbons (Fsp3) is 0.231. The van der Waals surface area contributed by atoms with Crippen LogP contribution in [0.3, 0.4) is 0 Å². The van der Waals surface area contributed by atoms with Gasteiger partial charge >= 0.3 is 6.18 Å². The highest BCUT2D eigenvalue weighted by Crippen LogP contribution is 2.35. The van der Waals surface area contributed by atoms with Crippen molar-refractivity contribution >= 4 is 33.2 Å². The van der Waals surface area contributed by atoms with Gasteiger partial charge in [0.05, 0.1) is 11.6 Å². The zero-order valence-electron chi connectivity index (χ0n) is 10.7. The van der Waals surface area contributed by atoms with E-state index in [2.05, 4.69) is 26.2 Å². The van der Waals surface area contributed by atoms with Crippen LogP contribution in [0.4, 0.5) is 13.2 Å². The summed E-state index contributed by atoms with van der Waals surface area (Å²) < 4.78 is 38.3. The Balaban J connectivity index is 2.20. The maximum absolute atomic E-state index is 12.8. The molecule has 2 aromatic rings. The Bertz CT molecular complexity index is 643. The van der Waals surface area contributed by atoms with Crippen molar-refractivity contribution in [2.24, 2.45) is 0 Å². The monoisotopic (exact) mass is 378 g/mol. The first-order valence-corrected chi connectivity index (χ1v) is 7.53. The van der Waals surface area contributed by atoms with Crippen LogP contribution in [0.2, 0.25) is 0 Å². The normalized spacial score (nSPS) is 13.0. The van der Waals surface area contributed by atoms with Crippen molar-refractivity contribution in [3.05, 3.63) is 50.4 Å². The molecule has 3 nitrogen and oxygen atoms in total. The highest BCUT2D eigenvalue weighted by molar-refractivity contribution is 9.10. The largest absolute Gasteiger partial charge is 0.417 e. The fourth-order valence-electron chi connectivity index (χ4n) is 1.67. The molecule has 8 heteroatoms. The molecule has 21 heavy (non-hydrogen) atoms. The maximum atomic E-state index is 12.8. The van der Waals surface area contributed by atoms with E-state index in [-0.39, 0.29) is 16.1 Å². The van der Waals surface area contributed by atoms with E-state index in [1.165, 1.54) is 23.5 Å². The number of hydrogen-bond donors (Lipinski definition) is 1. The van der Waals surface area contributed by atoms with Crippen LogP contribution >= 0.6 is 27.3 Å². The number of rotatable bonds is 3. The zero-order chi connectivity index (χ0) is 15.6. The average Bonchev–Trinajstić information content (AvgIpc) is 2.91. The maximum Gasteiger partial charge on any atom is 0.417 e. The molecule has 0 saturated carbocycles. The van der Waals surface area contributed by atoms with Gasteiger partial charge in [-0.3, -0.25) is 4.79 Å². The summed E-state index contributed by atoms with van der Waals surface area (Å²) in [5.74, 6) is -0.573. The molecule has 0 aliphatic carbocycles. The number of nitrogens with zero attached hydrogens (tertiary/aromatic N) is 1. The van der Waals surface area contributed by atoms with Crippen molar-refractivity contribution in [3.8, 4) is 0 Å². The first-order chi connectivity index (χ1) is 9.79. The highest BCUT2D eigenvalue weighted by Gasteiger charge is 2.33. The Morgan fingerprint density at radius 2 is 2.14 bits per heavy atom. The zero-order valence-corrected chi connectivity index (χ0v) is 13.1. The smallest absolute Gasteiger partial charge is 0.343 e. The van der Waals surface area contributed by atoms with Crippen molar-refractivity contribution in [2.75, 3.05) is 0 Å². The minimum Gasteiger partial charge on any atom is -0.343 e. The third-order valence-corrected chi connectivity index (χ3v) is 4.35. The average molecular weight is 379 g/mol. The summed E-state index contributed by atoms with van der Waals surface area (Å²) in [5.41, 5.74) is -0.925. The van der Waals surface area contributed by atoms with Crippen molar-refractivity contribution in [3.63, 3.8) is 0 Å². The van der Waals surface area contributed by atoms with Gasteiger partial charge in [0.15, 0.2) is 0 Å². The topological polar surface area (TPSA) is 42.0 Å². The van der Waals surface area contributed by atoms with Gasteiger partial charge in [0.1, 0.15) is 5.01 Å². The molecule has 0 bridgehead atoms. The fourth-order valence-corrected chi connectivity index (χ4v) is 2.79. The van der Waals surface area contributed by atoms with Crippen LogP contribution in [0.15, 0.2) is 34.2 Å². The lowest BCUT2D eigenvalue weighted by atomic mass is 10.1. The van der Waals surface area contributed by atoms with Gasteiger partial charge in [-0.25, -0.2) is 4.98 Å². The molecule has 1 aromatic heterocycles. The first-order valence-electron chi connectivity index (χ1n) is 5.86. The van der Waals surface area contributed by atoms with Crippen molar-refractivity contribution in [2.45, 2.75) is 19.1 Å². The number of aromatic nitrogens is 1. The van der Waals surface area contributed by atoms with Crippen LogP contribution in [0, 0.1) is 0 Å². The molecule has 1 unspecified atom stereocenters. The van der Waals surface area contributed by atoms with Crippen LogP contribution in [0.25, 0.3) is 0 Å². The molecule has 1 N–H and O–H groups in total. The van der Waals surface area contributed by atoms with Gasteiger partial charge < -0.3 is 5.32 Å². The van der Waals surface area contributed by atoms with Crippen LogP contribution in [0.1, 0.15) is 33.9 Å². The Labute approximate surface area is 131 Å². The number of alkyl halides is 3. The van der Waals surface area contributed by atoms with E-state index in [9.17, 15) is 18.0 Å². The molecular formula is C13H10BrF3N2OS. The summed E-state index contributed by atoms with van der Waals surface area (Å²) in [7, 11) is 0. The van der Waals surface area contributed by atoms with Gasteiger partial charge in [0.2, 0.25) is 0 Å². The molecular weight excluding hydrogens is 369 g/mol. The minimum atomic E-state index is -4.52. The van der Waals surface area contributed by atoms with E-state index < -0.39 is 17.6 Å². The third kappa shape index (κ3) is 3.82. The van der Waals surface area contributed by atoms with Crippen molar-refractivity contribution in [1.29, 1.82) is 0 Å². The molecule has 0 fully saturated rings. The second-order valence-electron chi connectivity index (χ2n) is 4.26. The molecule has 0 spiro atoms. The highest BCUT2D eigenvalue weighted by atomic mass is 79.9. The van der Waals surface area contributed by atoms with E-state index in [0.717, 1.165) is 6.07 Å². The standard InChI is InChI=1S/C13H10BrF3N2OS/c1-7(12-18-4-5-21-12)19-11(20)8-2-3-10(14)9(6-8)13(15,16)17/h2-7H,1H3,(H,19,20). The van der Waals surface area contributed by atoms with Gasteiger partial charge in [-0.05, 0) is 25.1 Å². The van der Waals surface area contributed by atoms with E-state index >= 15 is 0 Å². The molecule has 1 amide bonds. The third-order valence-electron chi connectivity index (χ3n) is 2.70. The van der Waals surface area contributed by atoms with Crippen LogP contribution in [-0.4, -0.2) is 10.9 Å². The second kappa shape index (κ2) is 6.15. The Morgan fingerprint density at radius 1 is 1.43 bits per heavy atom.